The van der Waals surface area contributed by atoms with E-state index in [1.807, 2.05) is 23.1 Å². The third-order valence-corrected chi connectivity index (χ3v) is 5.22. The number of rotatable bonds is 8. The second-order valence-corrected chi connectivity index (χ2v) is 6.61. The van der Waals surface area contributed by atoms with E-state index in [4.69, 9.17) is 5.73 Å². The fourth-order valence-corrected chi connectivity index (χ4v) is 4.15. The minimum Gasteiger partial charge on any atom is -0.326 e. The number of hydrogen-bond acceptors (Lipinski definition) is 4. The van der Waals surface area contributed by atoms with E-state index < -0.39 is 0 Å². The van der Waals surface area contributed by atoms with E-state index in [0.717, 1.165) is 6.42 Å². The highest BCUT2D eigenvalue weighted by molar-refractivity contribution is 7.98. The lowest BCUT2D eigenvalue weighted by Gasteiger charge is -2.37. The van der Waals surface area contributed by atoms with Gasteiger partial charge in [-0.2, -0.15) is 11.8 Å². The van der Waals surface area contributed by atoms with Gasteiger partial charge >= 0.3 is 0 Å². The first-order chi connectivity index (χ1) is 8.65. The first kappa shape index (κ1) is 16.0. The maximum Gasteiger partial charge on any atom is 0.0593 e. The van der Waals surface area contributed by atoms with Gasteiger partial charge in [0.25, 0.3) is 0 Å². The van der Waals surface area contributed by atoms with Gasteiger partial charge in [-0.05, 0) is 37.6 Å². The summed E-state index contributed by atoms with van der Waals surface area (Å²) in [5.74, 6) is 1.17. The van der Waals surface area contributed by atoms with E-state index >= 15 is 0 Å². The Balaban J connectivity index is 2.88. The standard InChI is InChI=1S/C14H26N2S2/c1-5-11(10-17-4)16(3)14(12(15)6-2)13-8-7-9-18-13/h7-9,11-12,14H,5-6,10,15H2,1-4H3. The summed E-state index contributed by atoms with van der Waals surface area (Å²) in [6, 6.07) is 5.51. The second-order valence-electron chi connectivity index (χ2n) is 4.72. The van der Waals surface area contributed by atoms with Crippen LogP contribution in [0.2, 0.25) is 0 Å². The van der Waals surface area contributed by atoms with Crippen molar-refractivity contribution in [3.63, 3.8) is 0 Å². The lowest BCUT2D eigenvalue weighted by atomic mass is 10.0. The quantitative estimate of drug-likeness (QED) is 0.792. The van der Waals surface area contributed by atoms with Crippen molar-refractivity contribution in [3.8, 4) is 0 Å². The molecule has 0 aromatic carbocycles. The van der Waals surface area contributed by atoms with Crippen LogP contribution in [0.15, 0.2) is 17.5 Å². The Hall–Kier alpha value is -0.0300. The molecule has 2 N–H and O–H groups in total. The predicted octanol–water partition coefficient (Wildman–Crippen LogP) is 3.60. The van der Waals surface area contributed by atoms with Crippen molar-refractivity contribution in [2.75, 3.05) is 19.1 Å². The zero-order valence-corrected chi connectivity index (χ0v) is 13.6. The molecule has 0 fully saturated rings. The number of hydrogen-bond donors (Lipinski definition) is 1. The van der Waals surface area contributed by atoms with Crippen LogP contribution in [-0.2, 0) is 0 Å². The summed E-state index contributed by atoms with van der Waals surface area (Å²) < 4.78 is 0. The Morgan fingerprint density at radius 1 is 1.39 bits per heavy atom. The van der Waals surface area contributed by atoms with Gasteiger partial charge in [0.1, 0.15) is 0 Å². The summed E-state index contributed by atoms with van der Waals surface area (Å²) in [6.07, 6.45) is 4.37. The molecule has 1 aromatic heterocycles. The Kier molecular flexibility index (Phi) is 7.30. The van der Waals surface area contributed by atoms with E-state index in [1.165, 1.54) is 17.1 Å². The van der Waals surface area contributed by atoms with Crippen LogP contribution in [0.4, 0.5) is 0 Å². The summed E-state index contributed by atoms with van der Waals surface area (Å²) in [5, 5.41) is 2.15. The van der Waals surface area contributed by atoms with E-state index in [2.05, 4.69) is 49.6 Å². The molecule has 104 valence electrons. The smallest absolute Gasteiger partial charge is 0.0593 e. The third kappa shape index (κ3) is 3.98. The molecule has 0 saturated heterocycles. The number of likely N-dealkylation sites (N-methyl/N-ethyl adjacent to an activating group) is 1. The van der Waals surface area contributed by atoms with Crippen molar-refractivity contribution >= 4 is 23.1 Å². The van der Waals surface area contributed by atoms with Gasteiger partial charge in [0.2, 0.25) is 0 Å². The summed E-state index contributed by atoms with van der Waals surface area (Å²) in [7, 11) is 2.23. The van der Waals surface area contributed by atoms with E-state index in [0.29, 0.717) is 12.1 Å². The van der Waals surface area contributed by atoms with Gasteiger partial charge in [-0.25, -0.2) is 0 Å². The van der Waals surface area contributed by atoms with Crippen LogP contribution in [0, 0.1) is 0 Å². The van der Waals surface area contributed by atoms with Crippen molar-refractivity contribution in [1.29, 1.82) is 0 Å². The SMILES string of the molecule is CCC(N)C(c1cccs1)N(C)C(CC)CSC. The number of thiophene rings is 1. The maximum atomic E-state index is 6.36. The largest absolute Gasteiger partial charge is 0.326 e. The predicted molar refractivity (Wildman–Crippen MR) is 85.6 cm³/mol. The maximum absolute atomic E-state index is 6.36. The van der Waals surface area contributed by atoms with Crippen molar-refractivity contribution in [3.05, 3.63) is 22.4 Å². The monoisotopic (exact) mass is 286 g/mol. The van der Waals surface area contributed by atoms with Gasteiger partial charge in [0.15, 0.2) is 0 Å². The summed E-state index contributed by atoms with van der Waals surface area (Å²) in [5.41, 5.74) is 6.36. The molecule has 18 heavy (non-hydrogen) atoms. The zero-order valence-electron chi connectivity index (χ0n) is 11.9. The molecule has 0 aliphatic carbocycles. The minimum atomic E-state index is 0.213. The molecule has 0 saturated carbocycles. The molecule has 0 aliphatic rings. The lowest BCUT2D eigenvalue weighted by molar-refractivity contribution is 0.160. The summed E-state index contributed by atoms with van der Waals surface area (Å²) in [4.78, 5) is 3.88. The molecule has 1 heterocycles. The Labute approximate surface area is 120 Å². The molecular weight excluding hydrogens is 260 g/mol. The molecule has 4 heteroatoms. The van der Waals surface area contributed by atoms with E-state index in [1.54, 1.807) is 0 Å². The van der Waals surface area contributed by atoms with Crippen molar-refractivity contribution < 1.29 is 0 Å². The first-order valence-corrected chi connectivity index (χ1v) is 8.92. The molecule has 2 nitrogen and oxygen atoms in total. The van der Waals surface area contributed by atoms with Crippen molar-refractivity contribution in [2.24, 2.45) is 5.73 Å². The molecule has 0 spiro atoms. The van der Waals surface area contributed by atoms with Crippen LogP contribution >= 0.6 is 23.1 Å². The molecule has 0 radical (unpaired) electrons. The zero-order chi connectivity index (χ0) is 13.5. The number of thioether (sulfide) groups is 1. The topological polar surface area (TPSA) is 29.3 Å². The molecule has 1 aromatic rings. The van der Waals surface area contributed by atoms with Crippen LogP contribution in [0.25, 0.3) is 0 Å². The molecule has 0 amide bonds. The normalized spacial score (nSPS) is 16.8. The van der Waals surface area contributed by atoms with Gasteiger partial charge in [-0.3, -0.25) is 4.90 Å². The molecule has 1 rings (SSSR count). The van der Waals surface area contributed by atoms with Gasteiger partial charge in [0.05, 0.1) is 6.04 Å². The van der Waals surface area contributed by atoms with Crippen LogP contribution in [0.5, 0.6) is 0 Å². The van der Waals surface area contributed by atoms with Gasteiger partial charge in [0, 0.05) is 22.7 Å². The van der Waals surface area contributed by atoms with Gasteiger partial charge < -0.3 is 5.73 Å². The van der Waals surface area contributed by atoms with Crippen molar-refractivity contribution in [2.45, 2.75) is 44.8 Å². The highest BCUT2D eigenvalue weighted by Gasteiger charge is 2.28. The lowest BCUT2D eigenvalue weighted by Crippen LogP contribution is -2.44. The molecular formula is C14H26N2S2. The highest BCUT2D eigenvalue weighted by atomic mass is 32.2. The second kappa shape index (κ2) is 8.20. The average Bonchev–Trinajstić information content (AvgIpc) is 2.89. The van der Waals surface area contributed by atoms with Crippen molar-refractivity contribution in [1.82, 2.24) is 4.90 Å². The van der Waals surface area contributed by atoms with Gasteiger partial charge in [-0.15, -0.1) is 11.3 Å². The fraction of sp³-hybridized carbons (Fsp3) is 0.714. The van der Waals surface area contributed by atoms with E-state index in [-0.39, 0.29) is 6.04 Å². The highest BCUT2D eigenvalue weighted by Crippen LogP contribution is 2.30. The first-order valence-electron chi connectivity index (χ1n) is 6.65. The Bertz CT molecular complexity index is 314. The van der Waals surface area contributed by atoms with E-state index in [9.17, 15) is 0 Å². The molecule has 3 unspecified atom stereocenters. The molecule has 3 atom stereocenters. The fourth-order valence-electron chi connectivity index (χ4n) is 2.34. The van der Waals surface area contributed by atoms with Crippen LogP contribution in [-0.4, -0.2) is 36.0 Å². The third-order valence-electron chi connectivity index (χ3n) is 3.56. The Morgan fingerprint density at radius 3 is 2.56 bits per heavy atom. The van der Waals surface area contributed by atoms with Crippen LogP contribution in [0.3, 0.4) is 0 Å². The number of nitrogens with zero attached hydrogens (tertiary/aromatic N) is 1. The Morgan fingerprint density at radius 2 is 2.11 bits per heavy atom. The van der Waals surface area contributed by atoms with Crippen LogP contribution < -0.4 is 5.73 Å². The molecule has 0 aliphatic heterocycles. The average molecular weight is 287 g/mol. The minimum absolute atomic E-state index is 0.213. The number of nitrogens with two attached hydrogens (primary N) is 1. The summed E-state index contributed by atoms with van der Waals surface area (Å²) >= 11 is 3.74. The molecule has 0 bridgehead atoms. The summed E-state index contributed by atoms with van der Waals surface area (Å²) in [6.45, 7) is 4.44. The van der Waals surface area contributed by atoms with Gasteiger partial charge in [-0.1, -0.05) is 19.9 Å². The van der Waals surface area contributed by atoms with Crippen LogP contribution in [0.1, 0.15) is 37.6 Å².